The molecule has 0 unspecified atom stereocenters. The molecule has 1 rings (SSSR count). The Balaban J connectivity index is 2.98. The van der Waals surface area contributed by atoms with Crippen LogP contribution in [0.25, 0.3) is 0 Å². The standard InChI is InChI=1S/C8H11Cl2NO3S2/c1-2-5(4-12)11-16(13,14)6-3-7(9)15-8(6)10/h3,5,11-12H,2,4H2,1H3/t5-/m1/s1. The van der Waals surface area contributed by atoms with Crippen molar-refractivity contribution in [3.8, 4) is 0 Å². The maximum absolute atomic E-state index is 11.8. The van der Waals surface area contributed by atoms with E-state index in [1.165, 1.54) is 6.07 Å². The quantitative estimate of drug-likeness (QED) is 0.875. The average molecular weight is 304 g/mol. The average Bonchev–Trinajstić information content (AvgIpc) is 2.55. The van der Waals surface area contributed by atoms with Gasteiger partial charge in [0.25, 0.3) is 0 Å². The summed E-state index contributed by atoms with van der Waals surface area (Å²) in [6, 6.07) is 0.779. The highest BCUT2D eigenvalue weighted by molar-refractivity contribution is 7.89. The summed E-state index contributed by atoms with van der Waals surface area (Å²) in [5, 5.41) is 8.93. The first kappa shape index (κ1) is 14.2. The number of rotatable bonds is 5. The van der Waals surface area contributed by atoms with Crippen LogP contribution in [-0.2, 0) is 10.0 Å². The van der Waals surface area contributed by atoms with E-state index in [0.717, 1.165) is 11.3 Å². The molecule has 92 valence electrons. The molecule has 0 bridgehead atoms. The number of sulfonamides is 1. The molecule has 0 amide bonds. The Bertz CT molecular complexity index is 454. The van der Waals surface area contributed by atoms with Crippen molar-refractivity contribution in [2.24, 2.45) is 0 Å². The summed E-state index contributed by atoms with van der Waals surface area (Å²) in [6.07, 6.45) is 0.491. The molecule has 0 saturated carbocycles. The predicted molar refractivity (Wildman–Crippen MR) is 65.8 cm³/mol. The van der Waals surface area contributed by atoms with Crippen molar-refractivity contribution in [2.45, 2.75) is 24.3 Å². The van der Waals surface area contributed by atoms with Crippen molar-refractivity contribution in [3.05, 3.63) is 14.7 Å². The van der Waals surface area contributed by atoms with Crippen LogP contribution in [0.15, 0.2) is 11.0 Å². The maximum atomic E-state index is 11.8. The number of halogens is 2. The molecule has 1 aromatic rings. The lowest BCUT2D eigenvalue weighted by atomic mass is 10.3. The van der Waals surface area contributed by atoms with E-state index in [2.05, 4.69) is 4.72 Å². The van der Waals surface area contributed by atoms with E-state index in [1.807, 2.05) is 0 Å². The van der Waals surface area contributed by atoms with E-state index in [-0.39, 0.29) is 15.8 Å². The van der Waals surface area contributed by atoms with Gasteiger partial charge in [0, 0.05) is 6.04 Å². The molecule has 4 nitrogen and oxygen atoms in total. The summed E-state index contributed by atoms with van der Waals surface area (Å²) in [4.78, 5) is -0.0453. The fraction of sp³-hybridized carbons (Fsp3) is 0.500. The second-order valence-electron chi connectivity index (χ2n) is 3.10. The second kappa shape index (κ2) is 5.66. The van der Waals surface area contributed by atoms with Crippen molar-refractivity contribution in [3.63, 3.8) is 0 Å². The Hall–Kier alpha value is 0.150. The molecule has 16 heavy (non-hydrogen) atoms. The third-order valence-corrected chi connectivity index (χ3v) is 5.22. The first-order valence-electron chi connectivity index (χ1n) is 4.48. The summed E-state index contributed by atoms with van der Waals surface area (Å²) >= 11 is 12.4. The molecule has 8 heteroatoms. The van der Waals surface area contributed by atoms with Gasteiger partial charge < -0.3 is 5.11 Å². The van der Waals surface area contributed by atoms with Gasteiger partial charge in [0.05, 0.1) is 10.9 Å². The normalized spacial score (nSPS) is 14.0. The van der Waals surface area contributed by atoms with Crippen molar-refractivity contribution in [1.29, 1.82) is 0 Å². The maximum Gasteiger partial charge on any atom is 0.243 e. The van der Waals surface area contributed by atoms with Gasteiger partial charge in [0.2, 0.25) is 10.0 Å². The van der Waals surface area contributed by atoms with Crippen LogP contribution in [0.3, 0.4) is 0 Å². The molecule has 0 saturated heterocycles. The van der Waals surface area contributed by atoms with Crippen LogP contribution in [-0.4, -0.2) is 26.2 Å². The number of aliphatic hydroxyl groups excluding tert-OH is 1. The van der Waals surface area contributed by atoms with Crippen LogP contribution in [0.1, 0.15) is 13.3 Å². The van der Waals surface area contributed by atoms with Gasteiger partial charge in [0.15, 0.2) is 0 Å². The topological polar surface area (TPSA) is 66.4 Å². The molecule has 1 atom stereocenters. The van der Waals surface area contributed by atoms with Crippen molar-refractivity contribution in [1.82, 2.24) is 4.72 Å². The largest absolute Gasteiger partial charge is 0.395 e. The summed E-state index contributed by atoms with van der Waals surface area (Å²) in [5.74, 6) is 0. The Kier molecular flexibility index (Phi) is 5.03. The minimum absolute atomic E-state index is 0.0453. The first-order valence-corrected chi connectivity index (χ1v) is 7.54. The zero-order valence-electron chi connectivity index (χ0n) is 8.41. The van der Waals surface area contributed by atoms with E-state index in [9.17, 15) is 8.42 Å². The number of aliphatic hydroxyl groups is 1. The second-order valence-corrected chi connectivity index (χ2v) is 7.07. The zero-order chi connectivity index (χ0) is 12.3. The van der Waals surface area contributed by atoms with Gasteiger partial charge in [-0.15, -0.1) is 11.3 Å². The molecule has 0 aromatic carbocycles. The minimum Gasteiger partial charge on any atom is -0.395 e. The van der Waals surface area contributed by atoms with Crippen LogP contribution >= 0.6 is 34.5 Å². The Morgan fingerprint density at radius 3 is 2.56 bits per heavy atom. The van der Waals surface area contributed by atoms with E-state index in [0.29, 0.717) is 10.8 Å². The van der Waals surface area contributed by atoms with Crippen molar-refractivity contribution in [2.75, 3.05) is 6.61 Å². The van der Waals surface area contributed by atoms with Crippen molar-refractivity contribution >= 4 is 44.6 Å². The van der Waals surface area contributed by atoms with Gasteiger partial charge in [-0.25, -0.2) is 13.1 Å². The van der Waals surface area contributed by atoms with Crippen LogP contribution in [0, 0.1) is 0 Å². The lowest BCUT2D eigenvalue weighted by Gasteiger charge is -2.13. The molecule has 1 heterocycles. The van der Waals surface area contributed by atoms with Gasteiger partial charge in [0.1, 0.15) is 9.23 Å². The Morgan fingerprint density at radius 2 is 2.19 bits per heavy atom. The van der Waals surface area contributed by atoms with E-state index in [1.54, 1.807) is 6.92 Å². The fourth-order valence-electron chi connectivity index (χ4n) is 1.04. The number of hydrogen-bond donors (Lipinski definition) is 2. The molecule has 0 spiro atoms. The number of nitrogens with one attached hydrogen (secondary N) is 1. The van der Waals surface area contributed by atoms with Gasteiger partial charge in [-0.1, -0.05) is 30.1 Å². The summed E-state index contributed by atoms with van der Waals surface area (Å²) in [7, 11) is -3.71. The Labute approximate surface area is 108 Å². The summed E-state index contributed by atoms with van der Waals surface area (Å²) in [5.41, 5.74) is 0. The lowest BCUT2D eigenvalue weighted by molar-refractivity contribution is 0.254. The van der Waals surface area contributed by atoms with Gasteiger partial charge >= 0.3 is 0 Å². The monoisotopic (exact) mass is 303 g/mol. The Morgan fingerprint density at radius 1 is 1.56 bits per heavy atom. The van der Waals surface area contributed by atoms with E-state index < -0.39 is 16.1 Å². The van der Waals surface area contributed by atoms with E-state index in [4.69, 9.17) is 28.3 Å². The SMILES string of the molecule is CC[C@H](CO)NS(=O)(=O)c1cc(Cl)sc1Cl. The summed E-state index contributed by atoms with van der Waals surface area (Å²) < 4.78 is 26.4. The molecule has 0 fully saturated rings. The predicted octanol–water partition coefficient (Wildman–Crippen LogP) is 2.10. The van der Waals surface area contributed by atoms with Crippen molar-refractivity contribution < 1.29 is 13.5 Å². The molecule has 0 aliphatic rings. The van der Waals surface area contributed by atoms with Crippen LogP contribution in [0.5, 0.6) is 0 Å². The molecule has 2 N–H and O–H groups in total. The van der Waals surface area contributed by atoms with Crippen LogP contribution in [0.2, 0.25) is 8.67 Å². The van der Waals surface area contributed by atoms with Crippen LogP contribution < -0.4 is 4.72 Å². The smallest absolute Gasteiger partial charge is 0.243 e. The highest BCUT2D eigenvalue weighted by Crippen LogP contribution is 2.34. The van der Waals surface area contributed by atoms with E-state index >= 15 is 0 Å². The van der Waals surface area contributed by atoms with Gasteiger partial charge in [-0.2, -0.15) is 0 Å². The first-order chi connectivity index (χ1) is 7.40. The molecule has 0 aliphatic carbocycles. The fourth-order valence-corrected chi connectivity index (χ4v) is 4.50. The van der Waals surface area contributed by atoms with Gasteiger partial charge in [-0.05, 0) is 12.5 Å². The minimum atomic E-state index is -3.71. The molecular formula is C8H11Cl2NO3S2. The third-order valence-electron chi connectivity index (χ3n) is 1.95. The highest BCUT2D eigenvalue weighted by Gasteiger charge is 2.23. The zero-order valence-corrected chi connectivity index (χ0v) is 11.5. The van der Waals surface area contributed by atoms with Crippen LogP contribution in [0.4, 0.5) is 0 Å². The summed E-state index contributed by atoms with van der Waals surface area (Å²) in [6.45, 7) is 1.51. The van der Waals surface area contributed by atoms with Gasteiger partial charge in [-0.3, -0.25) is 0 Å². The highest BCUT2D eigenvalue weighted by atomic mass is 35.5. The number of thiophene rings is 1. The molecule has 0 radical (unpaired) electrons. The molecule has 0 aliphatic heterocycles. The molecular weight excluding hydrogens is 293 g/mol. The number of hydrogen-bond acceptors (Lipinski definition) is 4. The molecule has 1 aromatic heterocycles. The third kappa shape index (κ3) is 3.32. The lowest BCUT2D eigenvalue weighted by Crippen LogP contribution is -2.36.